The largest absolute Gasteiger partial charge is 0.394 e. The number of rotatable bonds is 57. The first-order valence-corrected chi connectivity index (χ1v) is 32.4. The third-order valence-electron chi connectivity index (χ3n) is 16.2. The maximum Gasteiger partial charge on any atom is 0.249 e. The molecule has 1 amide bonds. The highest BCUT2D eigenvalue weighted by Gasteiger charge is 2.44. The van der Waals surface area contributed by atoms with Crippen molar-refractivity contribution in [2.24, 2.45) is 0 Å². The van der Waals surface area contributed by atoms with Crippen molar-refractivity contribution in [3.8, 4) is 0 Å². The number of aliphatic hydroxyl groups is 7. The van der Waals surface area contributed by atoms with Crippen LogP contribution >= 0.6 is 0 Å². The van der Waals surface area contributed by atoms with E-state index in [1.807, 2.05) is 0 Å². The van der Waals surface area contributed by atoms with E-state index in [9.17, 15) is 40.5 Å². The monoisotopic (exact) mass is 1060 g/mol. The van der Waals surface area contributed by atoms with Gasteiger partial charge in [0.2, 0.25) is 5.91 Å². The summed E-state index contributed by atoms with van der Waals surface area (Å²) in [6.07, 6.45) is 50.2. The summed E-state index contributed by atoms with van der Waals surface area (Å²) in [4.78, 5) is 13.2. The Morgan fingerprint density at radius 1 is 0.419 bits per heavy atom. The van der Waals surface area contributed by atoms with E-state index in [4.69, 9.17) is 9.47 Å². The lowest BCUT2D eigenvalue weighted by molar-refractivity contribution is -0.303. The van der Waals surface area contributed by atoms with Gasteiger partial charge in [0.05, 0.1) is 25.4 Å². The van der Waals surface area contributed by atoms with Gasteiger partial charge in [0.15, 0.2) is 6.29 Å². The van der Waals surface area contributed by atoms with Crippen LogP contribution in [0, 0.1) is 0 Å². The van der Waals surface area contributed by atoms with Crippen molar-refractivity contribution in [1.29, 1.82) is 0 Å². The highest BCUT2D eigenvalue weighted by Crippen LogP contribution is 2.24. The van der Waals surface area contributed by atoms with Gasteiger partial charge in [-0.05, 0) is 12.8 Å². The van der Waals surface area contributed by atoms with E-state index in [1.165, 1.54) is 250 Å². The molecule has 1 aliphatic heterocycles. The predicted octanol–water partition coefficient (Wildman–Crippen LogP) is 14.5. The molecule has 0 aromatic heterocycles. The molecule has 11 nitrogen and oxygen atoms in total. The lowest BCUT2D eigenvalue weighted by atomic mass is 9.98. The second-order valence-corrected chi connectivity index (χ2v) is 23.2. The van der Waals surface area contributed by atoms with Crippen molar-refractivity contribution in [2.75, 3.05) is 13.2 Å². The highest BCUT2D eigenvalue weighted by molar-refractivity contribution is 5.80. The molecule has 11 heteroatoms. The number of carbonyl (C=O) groups excluding carboxylic acids is 1. The lowest BCUT2D eigenvalue weighted by Crippen LogP contribution is -2.60. The Labute approximate surface area is 456 Å². The van der Waals surface area contributed by atoms with E-state index in [-0.39, 0.29) is 6.42 Å². The molecular weight excluding hydrogens is 931 g/mol. The van der Waals surface area contributed by atoms with Gasteiger partial charge >= 0.3 is 0 Å². The van der Waals surface area contributed by atoms with Gasteiger partial charge in [-0.15, -0.1) is 0 Å². The van der Waals surface area contributed by atoms with E-state index in [0.717, 1.165) is 38.5 Å². The van der Waals surface area contributed by atoms with E-state index in [2.05, 4.69) is 19.2 Å². The molecule has 0 bridgehead atoms. The summed E-state index contributed by atoms with van der Waals surface area (Å²) in [7, 11) is 0. The maximum absolute atomic E-state index is 13.2. The highest BCUT2D eigenvalue weighted by atomic mass is 16.7. The van der Waals surface area contributed by atoms with Crippen molar-refractivity contribution in [1.82, 2.24) is 5.32 Å². The first-order chi connectivity index (χ1) is 36.2. The smallest absolute Gasteiger partial charge is 0.249 e. The number of ether oxygens (including phenoxy) is 2. The Kier molecular flexibility index (Phi) is 50.7. The summed E-state index contributed by atoms with van der Waals surface area (Å²) in [6.45, 7) is 3.52. The zero-order valence-corrected chi connectivity index (χ0v) is 48.6. The second kappa shape index (κ2) is 52.8. The van der Waals surface area contributed by atoms with E-state index < -0.39 is 74.2 Å². The van der Waals surface area contributed by atoms with Crippen LogP contribution in [0.15, 0.2) is 0 Å². The average molecular weight is 1060 g/mol. The van der Waals surface area contributed by atoms with Crippen LogP contribution in [0.5, 0.6) is 0 Å². The summed E-state index contributed by atoms with van der Waals surface area (Å²) in [5, 5.41) is 76.4. The van der Waals surface area contributed by atoms with Crippen molar-refractivity contribution < 1.29 is 50.0 Å². The molecule has 1 saturated heterocycles. The number of amides is 1. The number of unbranched alkanes of at least 4 members (excludes halogenated alkanes) is 45. The van der Waals surface area contributed by atoms with Gasteiger partial charge in [-0.25, -0.2) is 0 Å². The molecule has 1 heterocycles. The van der Waals surface area contributed by atoms with Gasteiger partial charge in [-0.1, -0.05) is 316 Å². The molecule has 1 rings (SSSR count). The molecule has 0 saturated carbocycles. The molecule has 1 fully saturated rings. The minimum Gasteiger partial charge on any atom is -0.394 e. The van der Waals surface area contributed by atoms with E-state index in [0.29, 0.717) is 19.3 Å². The summed E-state index contributed by atoms with van der Waals surface area (Å²) in [5.74, 6) is -0.688. The Morgan fingerprint density at radius 2 is 0.703 bits per heavy atom. The van der Waals surface area contributed by atoms with Gasteiger partial charge in [-0.2, -0.15) is 0 Å². The number of hydrogen-bond donors (Lipinski definition) is 8. The Bertz CT molecular complexity index is 1160. The van der Waals surface area contributed by atoms with Gasteiger partial charge in [0, 0.05) is 0 Å². The molecule has 0 aliphatic carbocycles. The van der Waals surface area contributed by atoms with Crippen LogP contribution in [0.2, 0.25) is 0 Å². The number of carbonyl (C=O) groups is 1. The second-order valence-electron chi connectivity index (χ2n) is 23.2. The molecule has 8 N–H and O–H groups in total. The Hall–Kier alpha value is -0.890. The third kappa shape index (κ3) is 40.3. The molecule has 9 atom stereocenters. The van der Waals surface area contributed by atoms with Crippen LogP contribution in [0.4, 0.5) is 0 Å². The predicted molar refractivity (Wildman–Crippen MR) is 307 cm³/mol. The number of nitrogens with one attached hydrogen (secondary N) is 1. The molecule has 442 valence electrons. The molecule has 0 aromatic carbocycles. The number of aliphatic hydroxyl groups excluding tert-OH is 7. The van der Waals surface area contributed by atoms with Gasteiger partial charge in [-0.3, -0.25) is 4.79 Å². The van der Waals surface area contributed by atoms with Gasteiger partial charge < -0.3 is 50.5 Å². The normalized spacial score (nSPS) is 19.7. The van der Waals surface area contributed by atoms with Gasteiger partial charge in [0.1, 0.15) is 36.6 Å². The zero-order valence-electron chi connectivity index (χ0n) is 48.6. The van der Waals surface area contributed by atoms with Crippen molar-refractivity contribution in [3.05, 3.63) is 0 Å². The zero-order chi connectivity index (χ0) is 54.0. The molecule has 9 unspecified atom stereocenters. The van der Waals surface area contributed by atoms with Crippen molar-refractivity contribution in [3.63, 3.8) is 0 Å². The van der Waals surface area contributed by atoms with Crippen LogP contribution < -0.4 is 5.32 Å². The fraction of sp³-hybridized carbons (Fsp3) is 0.984. The van der Waals surface area contributed by atoms with Crippen LogP contribution in [0.3, 0.4) is 0 Å². The van der Waals surface area contributed by atoms with Crippen molar-refractivity contribution in [2.45, 2.75) is 384 Å². The standard InChI is InChI=1S/C63H125NO10/c1-3-5-7-9-11-13-15-17-19-21-23-25-27-28-29-31-32-34-36-38-40-42-44-46-48-50-55(66)58(68)54(53-73-63-61(71)60(70)59(69)57(52-65)74-63)64-62(72)56(67)51-49-47-45-43-41-39-37-35-33-30-26-24-22-20-18-16-14-12-10-8-6-4-2/h54-61,63,65-71H,3-53H2,1-2H3,(H,64,72). The molecule has 0 radical (unpaired) electrons. The molecule has 0 spiro atoms. The fourth-order valence-corrected chi connectivity index (χ4v) is 10.9. The third-order valence-corrected chi connectivity index (χ3v) is 16.2. The van der Waals surface area contributed by atoms with Crippen LogP contribution in [0.1, 0.15) is 328 Å². The molecular formula is C63H125NO10. The summed E-state index contributed by atoms with van der Waals surface area (Å²) < 4.78 is 11.2. The Balaban J connectivity index is 2.24. The first kappa shape index (κ1) is 71.1. The first-order valence-electron chi connectivity index (χ1n) is 32.4. The van der Waals surface area contributed by atoms with Gasteiger partial charge in [0.25, 0.3) is 0 Å². The quantitative estimate of drug-likeness (QED) is 0.0272. The molecule has 74 heavy (non-hydrogen) atoms. The minimum absolute atomic E-state index is 0.267. The Morgan fingerprint density at radius 3 is 1.00 bits per heavy atom. The molecule has 1 aliphatic rings. The van der Waals surface area contributed by atoms with Crippen LogP contribution in [-0.4, -0.2) is 110 Å². The summed E-state index contributed by atoms with van der Waals surface area (Å²) in [5.41, 5.74) is 0. The van der Waals surface area contributed by atoms with Crippen LogP contribution in [0.25, 0.3) is 0 Å². The minimum atomic E-state index is -1.66. The van der Waals surface area contributed by atoms with E-state index in [1.54, 1.807) is 0 Å². The SMILES string of the molecule is CCCCCCCCCCCCCCCCCCCCCCCCCCCC(O)C(O)C(COC1OC(CO)C(O)C(O)C1O)NC(=O)C(O)CCCCCCCCCCCCCCCCCCCCCCCC. The number of hydrogen-bond acceptors (Lipinski definition) is 10. The topological polar surface area (TPSA) is 189 Å². The average Bonchev–Trinajstić information content (AvgIpc) is 3.40. The fourth-order valence-electron chi connectivity index (χ4n) is 10.9. The van der Waals surface area contributed by atoms with Crippen molar-refractivity contribution >= 4 is 5.91 Å². The lowest BCUT2D eigenvalue weighted by Gasteiger charge is -2.40. The summed E-state index contributed by atoms with van der Waals surface area (Å²) >= 11 is 0. The maximum atomic E-state index is 13.2. The van der Waals surface area contributed by atoms with E-state index >= 15 is 0 Å². The van der Waals surface area contributed by atoms with Crippen LogP contribution in [-0.2, 0) is 14.3 Å². The molecule has 0 aromatic rings. The summed E-state index contributed by atoms with van der Waals surface area (Å²) in [6, 6.07) is -1.16.